The van der Waals surface area contributed by atoms with Crippen LogP contribution >= 0.6 is 12.4 Å². The minimum absolute atomic E-state index is 0. The largest absolute Gasteiger partial charge is 0.376 e. The van der Waals surface area contributed by atoms with Crippen LogP contribution in [-0.4, -0.2) is 40.8 Å². The van der Waals surface area contributed by atoms with Gasteiger partial charge in [-0.2, -0.15) is 4.98 Å². The van der Waals surface area contributed by atoms with Crippen molar-refractivity contribution in [2.24, 2.45) is 5.73 Å². The molecule has 0 saturated carbocycles. The van der Waals surface area contributed by atoms with Crippen LogP contribution < -0.4 is 5.73 Å². The molecule has 2 N–H and O–H groups in total. The number of hydrogen-bond donors (Lipinski definition) is 1. The van der Waals surface area contributed by atoms with E-state index in [1.807, 2.05) is 13.8 Å². The highest BCUT2D eigenvalue weighted by molar-refractivity contribution is 5.85. The van der Waals surface area contributed by atoms with Gasteiger partial charge in [-0.1, -0.05) is 5.16 Å². The second-order valence-electron chi connectivity index (χ2n) is 5.15. The summed E-state index contributed by atoms with van der Waals surface area (Å²) in [7, 11) is 0. The van der Waals surface area contributed by atoms with Gasteiger partial charge >= 0.3 is 0 Å². The highest BCUT2D eigenvalue weighted by atomic mass is 35.5. The topological polar surface area (TPSA) is 77.4 Å². The smallest absolute Gasteiger partial charge is 0.240 e. The first-order valence-corrected chi connectivity index (χ1v) is 5.91. The molecule has 0 radical (unpaired) electrons. The van der Waals surface area contributed by atoms with E-state index in [2.05, 4.69) is 22.0 Å². The Bertz CT molecular complexity index is 377. The van der Waals surface area contributed by atoms with Gasteiger partial charge < -0.3 is 15.0 Å². The number of nitrogens with zero attached hydrogens (tertiary/aromatic N) is 3. The second kappa shape index (κ2) is 5.97. The lowest BCUT2D eigenvalue weighted by Gasteiger charge is -2.29. The van der Waals surface area contributed by atoms with Crippen molar-refractivity contribution in [1.29, 1.82) is 0 Å². The SMILES string of the molecule is CC1CN(Cc2nc(C(C)(C)N)no2)CCO1.Cl. The summed E-state index contributed by atoms with van der Waals surface area (Å²) in [5.74, 6) is 1.17. The number of morpholine rings is 1. The first-order chi connectivity index (χ1) is 7.95. The lowest BCUT2D eigenvalue weighted by atomic mass is 10.1. The van der Waals surface area contributed by atoms with E-state index in [1.54, 1.807) is 0 Å². The summed E-state index contributed by atoms with van der Waals surface area (Å²) in [6, 6.07) is 0. The van der Waals surface area contributed by atoms with Gasteiger partial charge in [-0.15, -0.1) is 12.4 Å². The monoisotopic (exact) mass is 276 g/mol. The Morgan fingerprint density at radius 1 is 1.50 bits per heavy atom. The molecule has 0 aliphatic carbocycles. The summed E-state index contributed by atoms with van der Waals surface area (Å²) in [5, 5.41) is 3.90. The van der Waals surface area contributed by atoms with Gasteiger partial charge in [0.1, 0.15) is 0 Å². The summed E-state index contributed by atoms with van der Waals surface area (Å²) in [5.41, 5.74) is 5.35. The van der Waals surface area contributed by atoms with Crippen molar-refractivity contribution in [3.8, 4) is 0 Å². The van der Waals surface area contributed by atoms with E-state index in [9.17, 15) is 0 Å². The second-order valence-corrected chi connectivity index (χ2v) is 5.15. The molecule has 1 atom stereocenters. The van der Waals surface area contributed by atoms with E-state index in [-0.39, 0.29) is 18.5 Å². The average Bonchev–Trinajstić information content (AvgIpc) is 2.65. The van der Waals surface area contributed by atoms with Crippen molar-refractivity contribution in [1.82, 2.24) is 15.0 Å². The highest BCUT2D eigenvalue weighted by Gasteiger charge is 2.23. The van der Waals surface area contributed by atoms with Crippen LogP contribution in [0.2, 0.25) is 0 Å². The molecule has 0 aromatic carbocycles. The molecule has 1 aliphatic heterocycles. The van der Waals surface area contributed by atoms with E-state index in [0.29, 0.717) is 18.3 Å². The van der Waals surface area contributed by atoms with E-state index < -0.39 is 5.54 Å². The normalized spacial score (nSPS) is 21.7. The molecule has 1 aromatic heterocycles. The predicted octanol–water partition coefficient (Wildman–Crippen LogP) is 0.906. The Morgan fingerprint density at radius 2 is 2.22 bits per heavy atom. The molecule has 1 aromatic rings. The fourth-order valence-electron chi connectivity index (χ4n) is 1.81. The van der Waals surface area contributed by atoms with E-state index in [0.717, 1.165) is 19.7 Å². The molecule has 7 heteroatoms. The third-order valence-electron chi connectivity index (χ3n) is 2.73. The van der Waals surface area contributed by atoms with Crippen molar-refractivity contribution in [2.45, 2.75) is 39.0 Å². The number of aromatic nitrogens is 2. The number of ether oxygens (including phenoxy) is 1. The fourth-order valence-corrected chi connectivity index (χ4v) is 1.81. The van der Waals surface area contributed by atoms with Crippen molar-refractivity contribution in [2.75, 3.05) is 19.7 Å². The van der Waals surface area contributed by atoms with Crippen LogP contribution in [0.1, 0.15) is 32.5 Å². The molecule has 2 rings (SSSR count). The summed E-state index contributed by atoms with van der Waals surface area (Å²) >= 11 is 0. The zero-order chi connectivity index (χ0) is 12.5. The molecular weight excluding hydrogens is 256 g/mol. The Kier molecular flexibility index (Phi) is 5.10. The zero-order valence-corrected chi connectivity index (χ0v) is 11.9. The third kappa shape index (κ3) is 3.91. The van der Waals surface area contributed by atoms with Crippen molar-refractivity contribution in [3.05, 3.63) is 11.7 Å². The Morgan fingerprint density at radius 3 is 2.78 bits per heavy atom. The Hall–Kier alpha value is -0.690. The zero-order valence-electron chi connectivity index (χ0n) is 11.0. The van der Waals surface area contributed by atoms with Crippen LogP contribution in [0, 0.1) is 0 Å². The molecule has 18 heavy (non-hydrogen) atoms. The first-order valence-electron chi connectivity index (χ1n) is 5.91. The van der Waals surface area contributed by atoms with Gasteiger partial charge in [-0.25, -0.2) is 0 Å². The summed E-state index contributed by atoms with van der Waals surface area (Å²) < 4.78 is 10.7. The van der Waals surface area contributed by atoms with E-state index in [1.165, 1.54) is 0 Å². The first kappa shape index (κ1) is 15.4. The van der Waals surface area contributed by atoms with Crippen LogP contribution in [0.25, 0.3) is 0 Å². The fraction of sp³-hybridized carbons (Fsp3) is 0.818. The van der Waals surface area contributed by atoms with Crippen LogP contribution in [-0.2, 0) is 16.8 Å². The van der Waals surface area contributed by atoms with Gasteiger partial charge in [0.05, 0.1) is 24.8 Å². The molecule has 1 aliphatic rings. The summed E-state index contributed by atoms with van der Waals surface area (Å²) in [4.78, 5) is 6.56. The maximum Gasteiger partial charge on any atom is 0.240 e. The molecular formula is C11H21ClN4O2. The van der Waals surface area contributed by atoms with Gasteiger partial charge in [-0.3, -0.25) is 4.90 Å². The number of rotatable bonds is 3. The lowest BCUT2D eigenvalue weighted by Crippen LogP contribution is -2.40. The van der Waals surface area contributed by atoms with Crippen molar-refractivity contribution in [3.63, 3.8) is 0 Å². The van der Waals surface area contributed by atoms with Crippen molar-refractivity contribution >= 4 is 12.4 Å². The molecule has 0 amide bonds. The lowest BCUT2D eigenvalue weighted by molar-refractivity contribution is -0.0240. The molecule has 6 nitrogen and oxygen atoms in total. The average molecular weight is 277 g/mol. The van der Waals surface area contributed by atoms with Gasteiger partial charge in [0.15, 0.2) is 5.82 Å². The van der Waals surface area contributed by atoms with Gasteiger partial charge in [-0.05, 0) is 20.8 Å². The maximum atomic E-state index is 5.91. The van der Waals surface area contributed by atoms with Crippen LogP contribution in [0.15, 0.2) is 4.52 Å². The standard InChI is InChI=1S/C11H20N4O2.ClH/c1-8-6-15(4-5-16-8)7-9-13-10(14-17-9)11(2,3)12;/h8H,4-7,12H2,1-3H3;1H. The minimum Gasteiger partial charge on any atom is -0.376 e. The van der Waals surface area contributed by atoms with Crippen LogP contribution in [0.3, 0.4) is 0 Å². The van der Waals surface area contributed by atoms with Crippen LogP contribution in [0.4, 0.5) is 0 Å². The van der Waals surface area contributed by atoms with Crippen LogP contribution in [0.5, 0.6) is 0 Å². The predicted molar refractivity (Wildman–Crippen MR) is 69.5 cm³/mol. The molecule has 104 valence electrons. The molecule has 0 bridgehead atoms. The van der Waals surface area contributed by atoms with E-state index in [4.69, 9.17) is 15.0 Å². The molecule has 1 saturated heterocycles. The number of nitrogens with two attached hydrogens (primary N) is 1. The number of hydrogen-bond acceptors (Lipinski definition) is 6. The van der Waals surface area contributed by atoms with Crippen molar-refractivity contribution < 1.29 is 9.26 Å². The summed E-state index contributed by atoms with van der Waals surface area (Å²) in [6.07, 6.45) is 0.261. The molecule has 0 spiro atoms. The Labute approximate surface area is 113 Å². The van der Waals surface area contributed by atoms with Gasteiger partial charge in [0.2, 0.25) is 5.89 Å². The molecule has 1 fully saturated rings. The maximum absolute atomic E-state index is 5.91. The highest BCUT2D eigenvalue weighted by Crippen LogP contribution is 2.14. The number of halogens is 1. The minimum atomic E-state index is -0.556. The molecule has 2 heterocycles. The summed E-state index contributed by atoms with van der Waals surface area (Å²) in [6.45, 7) is 8.99. The molecule has 1 unspecified atom stereocenters. The van der Waals surface area contributed by atoms with Gasteiger partial charge in [0, 0.05) is 13.1 Å². The third-order valence-corrected chi connectivity index (χ3v) is 2.73. The van der Waals surface area contributed by atoms with Gasteiger partial charge in [0.25, 0.3) is 0 Å². The Balaban J connectivity index is 0.00000162. The van der Waals surface area contributed by atoms with E-state index >= 15 is 0 Å². The quantitative estimate of drug-likeness (QED) is 0.884.